The van der Waals surface area contributed by atoms with Crippen LogP contribution in [0.4, 0.5) is 0 Å². The molecule has 21 heavy (non-hydrogen) atoms. The van der Waals surface area contributed by atoms with Crippen molar-refractivity contribution in [2.75, 3.05) is 0 Å². The van der Waals surface area contributed by atoms with Gasteiger partial charge in [-0.1, -0.05) is 20.8 Å². The second-order valence-corrected chi connectivity index (χ2v) is 8.64. The Hall–Kier alpha value is -1.25. The molecule has 1 N–H and O–H groups in total. The fraction of sp³-hybridized carbons (Fsp3) is 0.538. The first-order valence-electron chi connectivity index (χ1n) is 6.44. The number of aromatic nitrogens is 3. The lowest BCUT2D eigenvalue weighted by Gasteiger charge is -2.13. The van der Waals surface area contributed by atoms with Crippen LogP contribution in [0.2, 0.25) is 0 Å². The van der Waals surface area contributed by atoms with Gasteiger partial charge in [-0.15, -0.1) is 11.3 Å². The van der Waals surface area contributed by atoms with Crippen LogP contribution in [0.25, 0.3) is 0 Å². The maximum atomic E-state index is 12.4. The summed E-state index contributed by atoms with van der Waals surface area (Å²) < 4.78 is 26.2. The van der Waals surface area contributed by atoms with Gasteiger partial charge in [0.15, 0.2) is 0 Å². The molecule has 116 valence electrons. The number of thiazole rings is 1. The van der Waals surface area contributed by atoms with E-state index in [9.17, 15) is 8.42 Å². The third-order valence-corrected chi connectivity index (χ3v) is 5.94. The number of nitrogens with zero attached hydrogens (tertiary/aromatic N) is 3. The van der Waals surface area contributed by atoms with Crippen molar-refractivity contribution in [3.63, 3.8) is 0 Å². The second kappa shape index (κ2) is 5.51. The molecule has 2 heterocycles. The maximum Gasteiger partial charge on any atom is 0.228 e. The van der Waals surface area contributed by atoms with Crippen molar-refractivity contribution in [3.8, 4) is 0 Å². The summed E-state index contributed by atoms with van der Waals surface area (Å²) in [6.45, 7) is 5.87. The van der Waals surface area contributed by atoms with Crippen LogP contribution in [0.3, 0.4) is 0 Å². The van der Waals surface area contributed by atoms with Crippen LogP contribution in [0.5, 0.6) is 0 Å². The van der Waals surface area contributed by atoms with Gasteiger partial charge in [-0.2, -0.15) is 0 Å². The Labute approximate surface area is 128 Å². The summed E-state index contributed by atoms with van der Waals surface area (Å²) in [6.07, 6.45) is 1.37. The molecule has 6 nitrogen and oxygen atoms in total. The van der Waals surface area contributed by atoms with Crippen LogP contribution < -0.4 is 0 Å². The lowest BCUT2D eigenvalue weighted by atomic mass is 9.98. The van der Waals surface area contributed by atoms with E-state index >= 15 is 0 Å². The summed E-state index contributed by atoms with van der Waals surface area (Å²) in [5.74, 6) is -0.185. The first-order chi connectivity index (χ1) is 9.65. The van der Waals surface area contributed by atoms with E-state index in [0.29, 0.717) is 11.4 Å². The SMILES string of the molecule is Cn1c(CO)cnc1S(=O)(=O)Cc1csc(C(C)(C)C)n1. The van der Waals surface area contributed by atoms with Crippen LogP contribution in [0.1, 0.15) is 37.2 Å². The highest BCUT2D eigenvalue weighted by molar-refractivity contribution is 7.90. The van der Waals surface area contributed by atoms with Gasteiger partial charge in [0.25, 0.3) is 0 Å². The van der Waals surface area contributed by atoms with Crippen LogP contribution in [-0.2, 0) is 34.7 Å². The number of hydrogen-bond acceptors (Lipinski definition) is 6. The van der Waals surface area contributed by atoms with E-state index in [1.807, 2.05) is 20.8 Å². The fourth-order valence-corrected chi connectivity index (χ4v) is 4.27. The monoisotopic (exact) mass is 329 g/mol. The van der Waals surface area contributed by atoms with E-state index in [1.165, 1.54) is 22.1 Å². The van der Waals surface area contributed by atoms with Crippen molar-refractivity contribution in [2.45, 2.75) is 43.7 Å². The van der Waals surface area contributed by atoms with Gasteiger partial charge in [0, 0.05) is 17.8 Å². The summed E-state index contributed by atoms with van der Waals surface area (Å²) in [5.41, 5.74) is 0.890. The van der Waals surface area contributed by atoms with Crippen molar-refractivity contribution < 1.29 is 13.5 Å². The van der Waals surface area contributed by atoms with E-state index in [4.69, 9.17) is 5.11 Å². The highest BCUT2D eigenvalue weighted by Gasteiger charge is 2.25. The largest absolute Gasteiger partial charge is 0.390 e. The highest BCUT2D eigenvalue weighted by Crippen LogP contribution is 2.27. The van der Waals surface area contributed by atoms with Gasteiger partial charge >= 0.3 is 0 Å². The smallest absolute Gasteiger partial charge is 0.228 e. The molecule has 0 spiro atoms. The van der Waals surface area contributed by atoms with Crippen LogP contribution in [0.15, 0.2) is 16.7 Å². The minimum atomic E-state index is -3.58. The molecule has 0 fully saturated rings. The molecule has 2 rings (SSSR count). The van der Waals surface area contributed by atoms with E-state index in [0.717, 1.165) is 5.01 Å². The number of imidazole rings is 1. The molecular formula is C13H19N3O3S2. The van der Waals surface area contributed by atoms with Gasteiger partial charge in [-0.3, -0.25) is 0 Å². The van der Waals surface area contributed by atoms with Crippen LogP contribution >= 0.6 is 11.3 Å². The van der Waals surface area contributed by atoms with Gasteiger partial charge in [0.1, 0.15) is 5.75 Å². The molecule has 0 aliphatic heterocycles. The zero-order valence-electron chi connectivity index (χ0n) is 12.5. The van der Waals surface area contributed by atoms with Gasteiger partial charge in [-0.05, 0) is 0 Å². The molecule has 0 saturated carbocycles. The van der Waals surface area contributed by atoms with Crippen molar-refractivity contribution in [3.05, 3.63) is 28.0 Å². The number of aliphatic hydroxyl groups is 1. The van der Waals surface area contributed by atoms with Crippen LogP contribution in [0, 0.1) is 0 Å². The van der Waals surface area contributed by atoms with E-state index in [1.54, 1.807) is 12.4 Å². The van der Waals surface area contributed by atoms with Crippen molar-refractivity contribution in [2.24, 2.45) is 7.05 Å². The molecule has 0 bridgehead atoms. The predicted molar refractivity (Wildman–Crippen MR) is 80.8 cm³/mol. The Kier molecular flexibility index (Phi) is 4.23. The topological polar surface area (TPSA) is 85.1 Å². The van der Waals surface area contributed by atoms with Crippen molar-refractivity contribution in [1.82, 2.24) is 14.5 Å². The Morgan fingerprint density at radius 2 is 2.05 bits per heavy atom. The van der Waals surface area contributed by atoms with Crippen molar-refractivity contribution in [1.29, 1.82) is 0 Å². The van der Waals surface area contributed by atoms with Crippen LogP contribution in [-0.4, -0.2) is 28.1 Å². The second-order valence-electron chi connectivity index (χ2n) is 5.90. The lowest BCUT2D eigenvalue weighted by molar-refractivity contribution is 0.271. The Morgan fingerprint density at radius 1 is 1.38 bits per heavy atom. The number of hydrogen-bond donors (Lipinski definition) is 1. The average Bonchev–Trinajstić information content (AvgIpc) is 2.94. The first kappa shape index (κ1) is 16.1. The molecule has 0 amide bonds. The van der Waals surface area contributed by atoms with Gasteiger partial charge in [0.05, 0.1) is 29.2 Å². The molecule has 0 atom stereocenters. The quantitative estimate of drug-likeness (QED) is 0.921. The Bertz CT molecular complexity index is 739. The highest BCUT2D eigenvalue weighted by atomic mass is 32.2. The summed E-state index contributed by atoms with van der Waals surface area (Å²) in [5, 5.41) is 11.7. The third kappa shape index (κ3) is 3.33. The van der Waals surface area contributed by atoms with E-state index in [2.05, 4.69) is 9.97 Å². The summed E-state index contributed by atoms with van der Waals surface area (Å²) in [6, 6.07) is 0. The first-order valence-corrected chi connectivity index (χ1v) is 8.97. The zero-order chi connectivity index (χ0) is 15.8. The number of sulfone groups is 1. The summed E-state index contributed by atoms with van der Waals surface area (Å²) in [4.78, 5) is 8.30. The predicted octanol–water partition coefficient (Wildman–Crippen LogP) is 1.64. The summed E-state index contributed by atoms with van der Waals surface area (Å²) >= 11 is 1.46. The number of aliphatic hydroxyl groups excluding tert-OH is 1. The fourth-order valence-electron chi connectivity index (χ4n) is 1.84. The van der Waals surface area contributed by atoms with Gasteiger partial charge in [0.2, 0.25) is 15.0 Å². The van der Waals surface area contributed by atoms with E-state index < -0.39 is 9.84 Å². The minimum absolute atomic E-state index is 0.0446. The maximum absolute atomic E-state index is 12.4. The number of rotatable bonds is 4. The molecular weight excluding hydrogens is 310 g/mol. The van der Waals surface area contributed by atoms with Gasteiger partial charge < -0.3 is 9.67 Å². The molecule has 2 aromatic heterocycles. The third-order valence-electron chi connectivity index (χ3n) is 3.01. The van der Waals surface area contributed by atoms with E-state index in [-0.39, 0.29) is 22.9 Å². The molecule has 0 aromatic carbocycles. The molecule has 0 aliphatic carbocycles. The standard InChI is InChI=1S/C13H19N3O3S2/c1-13(2,3)11-15-9(7-20-11)8-21(18,19)12-14-5-10(6-17)16(12)4/h5,7,17H,6,8H2,1-4H3. The van der Waals surface area contributed by atoms with Gasteiger partial charge in [-0.25, -0.2) is 18.4 Å². The average molecular weight is 329 g/mol. The molecule has 0 aliphatic rings. The normalized spacial score (nSPS) is 12.8. The zero-order valence-corrected chi connectivity index (χ0v) is 14.1. The minimum Gasteiger partial charge on any atom is -0.390 e. The molecule has 8 heteroatoms. The molecule has 0 radical (unpaired) electrons. The Balaban J connectivity index is 2.29. The lowest BCUT2D eigenvalue weighted by Crippen LogP contribution is -2.14. The molecule has 2 aromatic rings. The molecule has 0 unspecified atom stereocenters. The summed E-state index contributed by atoms with van der Waals surface area (Å²) in [7, 11) is -2.00. The molecule has 0 saturated heterocycles. The van der Waals surface area contributed by atoms with Crippen molar-refractivity contribution >= 4 is 21.2 Å². The Morgan fingerprint density at radius 3 is 2.52 bits per heavy atom.